The Bertz CT molecular complexity index is 584. The fraction of sp³-hybridized carbons (Fsp3) is 0. The van der Waals surface area contributed by atoms with Crippen molar-refractivity contribution in [1.82, 2.24) is 4.98 Å². The van der Waals surface area contributed by atoms with Gasteiger partial charge in [-0.1, -0.05) is 29.3 Å². The Balaban J connectivity index is 2.21. The van der Waals surface area contributed by atoms with Gasteiger partial charge >= 0.3 is 0 Å². The number of amides is 1. The molecule has 1 aromatic carbocycles. The smallest absolute Gasteiger partial charge is 0.257 e. The van der Waals surface area contributed by atoms with Crippen LogP contribution >= 0.6 is 23.2 Å². The Morgan fingerprint density at radius 1 is 1.22 bits per heavy atom. The zero-order valence-corrected chi connectivity index (χ0v) is 10.7. The van der Waals surface area contributed by atoms with E-state index in [1.807, 2.05) is 0 Å². The molecule has 0 aliphatic rings. The van der Waals surface area contributed by atoms with Gasteiger partial charge in [-0.25, -0.2) is 4.98 Å². The second-order valence-corrected chi connectivity index (χ2v) is 4.31. The third-order valence-corrected chi connectivity index (χ3v) is 3.07. The first kappa shape index (κ1) is 12.7. The molecular weight excluding hydrogens is 273 g/mol. The van der Waals surface area contributed by atoms with E-state index in [9.17, 15) is 4.79 Å². The van der Waals surface area contributed by atoms with E-state index >= 15 is 0 Å². The number of carbonyl (C=O) groups excluding carboxylic acids is 1. The highest BCUT2D eigenvalue weighted by Gasteiger charge is 2.10. The minimum absolute atomic E-state index is 0.302. The Morgan fingerprint density at radius 3 is 2.67 bits per heavy atom. The number of anilines is 2. The number of nitrogen functional groups attached to an aromatic ring is 1. The van der Waals surface area contributed by atoms with Gasteiger partial charge < -0.3 is 11.1 Å². The SMILES string of the molecule is Nc1ccc(C(=O)Nc2cccc(Cl)c2Cl)cn1. The summed E-state index contributed by atoms with van der Waals surface area (Å²) in [7, 11) is 0. The summed E-state index contributed by atoms with van der Waals surface area (Å²) < 4.78 is 0. The van der Waals surface area contributed by atoms with E-state index in [2.05, 4.69) is 10.3 Å². The van der Waals surface area contributed by atoms with Gasteiger partial charge in [0.25, 0.3) is 5.91 Å². The highest BCUT2D eigenvalue weighted by molar-refractivity contribution is 6.44. The number of aromatic nitrogens is 1. The Morgan fingerprint density at radius 2 is 2.00 bits per heavy atom. The molecule has 1 heterocycles. The minimum atomic E-state index is -0.327. The first-order valence-electron chi connectivity index (χ1n) is 5.05. The van der Waals surface area contributed by atoms with Crippen LogP contribution in [0.15, 0.2) is 36.5 Å². The van der Waals surface area contributed by atoms with Crippen LogP contribution in [0.1, 0.15) is 10.4 Å². The van der Waals surface area contributed by atoms with Crippen molar-refractivity contribution in [3.05, 3.63) is 52.1 Å². The first-order chi connectivity index (χ1) is 8.58. The first-order valence-corrected chi connectivity index (χ1v) is 5.80. The maximum Gasteiger partial charge on any atom is 0.257 e. The molecular formula is C12H9Cl2N3O. The molecule has 0 saturated heterocycles. The molecule has 0 bridgehead atoms. The number of pyridine rings is 1. The van der Waals surface area contributed by atoms with Crippen molar-refractivity contribution in [3.8, 4) is 0 Å². The van der Waals surface area contributed by atoms with Crippen LogP contribution < -0.4 is 11.1 Å². The van der Waals surface area contributed by atoms with Gasteiger partial charge in [0.1, 0.15) is 5.82 Å². The zero-order valence-electron chi connectivity index (χ0n) is 9.15. The number of nitrogens with two attached hydrogens (primary N) is 1. The summed E-state index contributed by atoms with van der Waals surface area (Å²) in [6, 6.07) is 8.14. The highest BCUT2D eigenvalue weighted by atomic mass is 35.5. The van der Waals surface area contributed by atoms with Crippen molar-refractivity contribution in [2.24, 2.45) is 0 Å². The Kier molecular flexibility index (Phi) is 3.69. The molecule has 0 unspecified atom stereocenters. The van der Waals surface area contributed by atoms with Crippen LogP contribution in [0.3, 0.4) is 0 Å². The van der Waals surface area contributed by atoms with Crippen LogP contribution in [-0.4, -0.2) is 10.9 Å². The van der Waals surface area contributed by atoms with Crippen molar-refractivity contribution in [2.75, 3.05) is 11.1 Å². The second-order valence-electron chi connectivity index (χ2n) is 3.53. The van der Waals surface area contributed by atoms with Crippen LogP contribution in [-0.2, 0) is 0 Å². The number of halogens is 2. The predicted octanol–water partition coefficient (Wildman–Crippen LogP) is 3.22. The van der Waals surface area contributed by atoms with Gasteiger partial charge in [0, 0.05) is 6.20 Å². The number of nitrogens with zero attached hydrogens (tertiary/aromatic N) is 1. The molecule has 0 saturated carbocycles. The van der Waals surface area contributed by atoms with E-state index in [0.29, 0.717) is 27.1 Å². The molecule has 0 radical (unpaired) electrons. The second kappa shape index (κ2) is 5.25. The van der Waals surface area contributed by atoms with Gasteiger partial charge in [-0.3, -0.25) is 4.79 Å². The Labute approximate surface area is 114 Å². The molecule has 0 aliphatic heterocycles. The van der Waals surface area contributed by atoms with Gasteiger partial charge in [0.05, 0.1) is 21.3 Å². The summed E-state index contributed by atoms with van der Waals surface area (Å²) in [6.45, 7) is 0. The topological polar surface area (TPSA) is 68.0 Å². The molecule has 2 rings (SSSR count). The van der Waals surface area contributed by atoms with Crippen molar-refractivity contribution in [2.45, 2.75) is 0 Å². The van der Waals surface area contributed by atoms with E-state index in [0.717, 1.165) is 0 Å². The van der Waals surface area contributed by atoms with Crippen LogP contribution in [0, 0.1) is 0 Å². The molecule has 0 aliphatic carbocycles. The fourth-order valence-electron chi connectivity index (χ4n) is 1.33. The molecule has 0 spiro atoms. The number of nitrogens with one attached hydrogen (secondary N) is 1. The van der Waals surface area contributed by atoms with Gasteiger partial charge in [0.2, 0.25) is 0 Å². The number of hydrogen-bond donors (Lipinski definition) is 2. The highest BCUT2D eigenvalue weighted by Crippen LogP contribution is 2.29. The molecule has 1 amide bonds. The standard InChI is InChI=1S/C12H9Cl2N3O/c13-8-2-1-3-9(11(8)14)17-12(18)7-4-5-10(15)16-6-7/h1-6H,(H2,15,16)(H,17,18). The van der Waals surface area contributed by atoms with Crippen LogP contribution in [0.25, 0.3) is 0 Å². The van der Waals surface area contributed by atoms with Gasteiger partial charge in [-0.2, -0.15) is 0 Å². The summed E-state index contributed by atoms with van der Waals surface area (Å²) in [6.07, 6.45) is 1.39. The molecule has 2 aromatic rings. The lowest BCUT2D eigenvalue weighted by atomic mass is 10.2. The third-order valence-electron chi connectivity index (χ3n) is 2.25. The number of hydrogen-bond acceptors (Lipinski definition) is 3. The minimum Gasteiger partial charge on any atom is -0.384 e. The summed E-state index contributed by atoms with van der Waals surface area (Å²) >= 11 is 11.8. The lowest BCUT2D eigenvalue weighted by Gasteiger charge is -2.07. The molecule has 6 heteroatoms. The molecule has 18 heavy (non-hydrogen) atoms. The van der Waals surface area contributed by atoms with E-state index in [1.54, 1.807) is 30.3 Å². The zero-order chi connectivity index (χ0) is 13.1. The number of benzene rings is 1. The van der Waals surface area contributed by atoms with Crippen LogP contribution in [0.2, 0.25) is 10.0 Å². The lowest BCUT2D eigenvalue weighted by molar-refractivity contribution is 0.102. The summed E-state index contributed by atoms with van der Waals surface area (Å²) in [5.41, 5.74) is 6.28. The molecule has 1 aromatic heterocycles. The monoisotopic (exact) mass is 281 g/mol. The quantitative estimate of drug-likeness (QED) is 0.888. The number of rotatable bonds is 2. The normalized spacial score (nSPS) is 10.1. The maximum absolute atomic E-state index is 11.9. The van der Waals surface area contributed by atoms with Gasteiger partial charge in [0.15, 0.2) is 0 Å². The van der Waals surface area contributed by atoms with Crippen LogP contribution in [0.5, 0.6) is 0 Å². The Hall–Kier alpha value is -1.78. The lowest BCUT2D eigenvalue weighted by Crippen LogP contribution is -2.12. The average Bonchev–Trinajstić information content (AvgIpc) is 2.36. The van der Waals surface area contributed by atoms with E-state index in [-0.39, 0.29) is 5.91 Å². The van der Waals surface area contributed by atoms with E-state index in [4.69, 9.17) is 28.9 Å². The summed E-state index contributed by atoms with van der Waals surface area (Å²) in [4.78, 5) is 15.7. The summed E-state index contributed by atoms with van der Waals surface area (Å²) in [5, 5.41) is 3.33. The molecule has 92 valence electrons. The average molecular weight is 282 g/mol. The van der Waals surface area contributed by atoms with Crippen LogP contribution in [0.4, 0.5) is 11.5 Å². The van der Waals surface area contributed by atoms with Gasteiger partial charge in [-0.15, -0.1) is 0 Å². The summed E-state index contributed by atoms with van der Waals surface area (Å²) in [5.74, 6) is 0.0269. The van der Waals surface area contributed by atoms with E-state index in [1.165, 1.54) is 6.20 Å². The fourth-order valence-corrected chi connectivity index (χ4v) is 1.68. The largest absolute Gasteiger partial charge is 0.384 e. The third kappa shape index (κ3) is 2.72. The van der Waals surface area contributed by atoms with Crippen molar-refractivity contribution in [3.63, 3.8) is 0 Å². The van der Waals surface area contributed by atoms with Crippen molar-refractivity contribution >= 4 is 40.6 Å². The maximum atomic E-state index is 11.9. The number of carbonyl (C=O) groups is 1. The van der Waals surface area contributed by atoms with E-state index < -0.39 is 0 Å². The van der Waals surface area contributed by atoms with Crippen molar-refractivity contribution in [1.29, 1.82) is 0 Å². The molecule has 3 N–H and O–H groups in total. The predicted molar refractivity (Wildman–Crippen MR) is 73.1 cm³/mol. The van der Waals surface area contributed by atoms with Gasteiger partial charge in [-0.05, 0) is 24.3 Å². The molecule has 0 atom stereocenters. The van der Waals surface area contributed by atoms with Crippen molar-refractivity contribution < 1.29 is 4.79 Å². The molecule has 4 nitrogen and oxygen atoms in total. The molecule has 0 fully saturated rings.